The zero-order valence-electron chi connectivity index (χ0n) is 6.58. The van der Waals surface area contributed by atoms with Gasteiger partial charge in [0.2, 0.25) is 5.91 Å². The zero-order valence-corrected chi connectivity index (χ0v) is 8.09. The van der Waals surface area contributed by atoms with Gasteiger partial charge in [-0.25, -0.2) is 0 Å². The maximum absolute atomic E-state index is 10.9. The van der Waals surface area contributed by atoms with Crippen LogP contribution in [0.4, 0.5) is 0 Å². The predicted octanol–water partition coefficient (Wildman–Crippen LogP) is 2.22. The smallest absolute Gasteiger partial charge is 0.248 e. The van der Waals surface area contributed by atoms with Crippen molar-refractivity contribution in [1.82, 2.24) is 5.32 Å². The van der Waals surface area contributed by atoms with Crippen molar-refractivity contribution in [2.75, 3.05) is 0 Å². The van der Waals surface area contributed by atoms with Gasteiger partial charge < -0.3 is 5.32 Å². The van der Waals surface area contributed by atoms with E-state index in [9.17, 15) is 4.79 Å². The van der Waals surface area contributed by atoms with E-state index in [1.807, 2.05) is 0 Å². The number of rotatable bonds is 3. The summed E-state index contributed by atoms with van der Waals surface area (Å²) in [6.45, 7) is 6.81. The third-order valence-corrected chi connectivity index (χ3v) is 1.85. The van der Waals surface area contributed by atoms with Gasteiger partial charge in [-0.2, -0.15) is 0 Å². The van der Waals surface area contributed by atoms with Gasteiger partial charge in [0.15, 0.2) is 4.46 Å². The molecule has 2 nitrogen and oxygen atoms in total. The van der Waals surface area contributed by atoms with Crippen molar-refractivity contribution in [2.24, 2.45) is 0 Å². The van der Waals surface area contributed by atoms with Crippen LogP contribution in [0.3, 0.4) is 0 Å². The summed E-state index contributed by atoms with van der Waals surface area (Å²) in [5, 5.41) is 2.40. The summed E-state index contributed by atoms with van der Waals surface area (Å²) in [5.74, 6) is -0.322. The van der Waals surface area contributed by atoms with E-state index in [-0.39, 0.29) is 5.91 Å². The molecular weight excluding hydrogens is 185 g/mol. The average Bonchev–Trinajstić information content (AvgIpc) is 1.87. The van der Waals surface area contributed by atoms with Crippen molar-refractivity contribution in [3.05, 3.63) is 12.2 Å². The van der Waals surface area contributed by atoms with Crippen LogP contribution in [0.25, 0.3) is 0 Å². The number of hydrogen-bond acceptors (Lipinski definition) is 1. The van der Waals surface area contributed by atoms with Gasteiger partial charge >= 0.3 is 0 Å². The van der Waals surface area contributed by atoms with Crippen LogP contribution in [0.5, 0.6) is 0 Å². The summed E-state index contributed by atoms with van der Waals surface area (Å²) in [6.07, 6.45) is 0.454. The van der Waals surface area contributed by atoms with Gasteiger partial charge in [-0.1, -0.05) is 36.7 Å². The van der Waals surface area contributed by atoms with Crippen LogP contribution in [0.1, 0.15) is 20.3 Å². The maximum atomic E-state index is 10.9. The minimum absolute atomic E-state index is 0.322. The Morgan fingerprint density at radius 2 is 2.09 bits per heavy atom. The lowest BCUT2D eigenvalue weighted by atomic mass is 10.3. The molecule has 0 bridgehead atoms. The van der Waals surface area contributed by atoms with Crippen LogP contribution in [-0.2, 0) is 4.79 Å². The van der Waals surface area contributed by atoms with Crippen molar-refractivity contribution in [3.8, 4) is 0 Å². The summed E-state index contributed by atoms with van der Waals surface area (Å²) in [5.41, 5.74) is 0.393. The second-order valence-corrected chi connectivity index (χ2v) is 3.78. The van der Waals surface area contributed by atoms with Gasteiger partial charge in [0, 0.05) is 5.57 Å². The van der Waals surface area contributed by atoms with Gasteiger partial charge in [-0.05, 0) is 13.3 Å². The molecule has 0 spiro atoms. The second kappa shape index (κ2) is 3.98. The minimum atomic E-state index is -1.17. The molecule has 64 valence electrons. The number of alkyl halides is 2. The Kier molecular flexibility index (Phi) is 3.90. The molecule has 0 saturated heterocycles. The Hall–Kier alpha value is -0.210. The van der Waals surface area contributed by atoms with Crippen molar-refractivity contribution in [1.29, 1.82) is 0 Å². The Morgan fingerprint density at radius 3 is 2.36 bits per heavy atom. The summed E-state index contributed by atoms with van der Waals surface area (Å²) in [7, 11) is 0. The lowest BCUT2D eigenvalue weighted by Crippen LogP contribution is -2.38. The van der Waals surface area contributed by atoms with Crippen molar-refractivity contribution in [2.45, 2.75) is 24.7 Å². The standard InChI is InChI=1S/C7H11Cl2NO/c1-4-7(8,9)10-6(11)5(2)3/h2,4H2,1,3H3,(H,10,11). The molecule has 0 aromatic heterocycles. The van der Waals surface area contributed by atoms with Crippen LogP contribution in [0.15, 0.2) is 12.2 Å². The van der Waals surface area contributed by atoms with E-state index in [1.165, 1.54) is 0 Å². The number of amides is 1. The zero-order chi connectivity index (χ0) is 9.07. The Labute approximate surface area is 76.6 Å². The lowest BCUT2D eigenvalue weighted by molar-refractivity contribution is -0.117. The highest BCUT2D eigenvalue weighted by atomic mass is 35.5. The molecule has 0 aliphatic carbocycles. The van der Waals surface area contributed by atoms with E-state index in [2.05, 4.69) is 11.9 Å². The van der Waals surface area contributed by atoms with Gasteiger partial charge in [0.1, 0.15) is 0 Å². The molecule has 0 fully saturated rings. The highest BCUT2D eigenvalue weighted by molar-refractivity contribution is 6.48. The molecule has 1 N–H and O–H groups in total. The van der Waals surface area contributed by atoms with Gasteiger partial charge in [-0.3, -0.25) is 4.79 Å². The molecule has 0 aliphatic rings. The number of nitrogens with one attached hydrogen (secondary N) is 1. The fraction of sp³-hybridized carbons (Fsp3) is 0.571. The number of carbonyl (C=O) groups excluding carboxylic acids is 1. The first-order valence-corrected chi connectivity index (χ1v) is 4.00. The van der Waals surface area contributed by atoms with E-state index in [0.717, 1.165) is 0 Å². The molecule has 0 heterocycles. The van der Waals surface area contributed by atoms with Crippen LogP contribution in [0, 0.1) is 0 Å². The van der Waals surface area contributed by atoms with E-state index >= 15 is 0 Å². The van der Waals surface area contributed by atoms with Crippen molar-refractivity contribution >= 4 is 29.1 Å². The monoisotopic (exact) mass is 195 g/mol. The molecule has 0 aromatic rings. The van der Waals surface area contributed by atoms with Gasteiger partial charge in [0.05, 0.1) is 0 Å². The van der Waals surface area contributed by atoms with E-state index < -0.39 is 4.46 Å². The number of carbonyl (C=O) groups is 1. The van der Waals surface area contributed by atoms with E-state index in [0.29, 0.717) is 12.0 Å². The third kappa shape index (κ3) is 4.27. The second-order valence-electron chi connectivity index (χ2n) is 2.29. The molecule has 0 unspecified atom stereocenters. The molecule has 0 saturated carbocycles. The van der Waals surface area contributed by atoms with Gasteiger partial charge in [-0.15, -0.1) is 0 Å². The SMILES string of the molecule is C=C(C)C(=O)NC(Cl)(Cl)CC. The molecule has 0 atom stereocenters. The minimum Gasteiger partial charge on any atom is -0.321 e. The molecule has 0 radical (unpaired) electrons. The summed E-state index contributed by atoms with van der Waals surface area (Å²) in [6, 6.07) is 0. The largest absolute Gasteiger partial charge is 0.321 e. The first kappa shape index (κ1) is 10.8. The first-order valence-electron chi connectivity index (χ1n) is 3.25. The van der Waals surface area contributed by atoms with Crippen LogP contribution in [-0.4, -0.2) is 10.4 Å². The molecule has 4 heteroatoms. The normalized spacial score (nSPS) is 10.9. The molecule has 11 heavy (non-hydrogen) atoms. The average molecular weight is 196 g/mol. The maximum Gasteiger partial charge on any atom is 0.248 e. The van der Waals surface area contributed by atoms with Crippen LogP contribution < -0.4 is 5.32 Å². The molecule has 0 rings (SSSR count). The molecule has 0 aromatic carbocycles. The van der Waals surface area contributed by atoms with E-state index in [1.54, 1.807) is 13.8 Å². The van der Waals surface area contributed by atoms with Crippen molar-refractivity contribution < 1.29 is 4.79 Å². The highest BCUT2D eigenvalue weighted by Crippen LogP contribution is 2.20. The number of hydrogen-bond donors (Lipinski definition) is 1. The quantitative estimate of drug-likeness (QED) is 0.418. The molecule has 0 aliphatic heterocycles. The summed E-state index contributed by atoms with van der Waals surface area (Å²) in [4.78, 5) is 10.9. The Balaban J connectivity index is 4.04. The summed E-state index contributed by atoms with van der Waals surface area (Å²) < 4.78 is -1.17. The topological polar surface area (TPSA) is 29.1 Å². The highest BCUT2D eigenvalue weighted by Gasteiger charge is 2.23. The fourth-order valence-electron chi connectivity index (χ4n) is 0.361. The number of halogens is 2. The Morgan fingerprint density at radius 1 is 1.64 bits per heavy atom. The lowest BCUT2D eigenvalue weighted by Gasteiger charge is -2.18. The predicted molar refractivity (Wildman–Crippen MR) is 47.7 cm³/mol. The third-order valence-electron chi connectivity index (χ3n) is 1.13. The molecular formula is C7H11Cl2NO. The van der Waals surface area contributed by atoms with E-state index in [4.69, 9.17) is 23.2 Å². The van der Waals surface area contributed by atoms with Crippen molar-refractivity contribution in [3.63, 3.8) is 0 Å². The van der Waals surface area contributed by atoms with Crippen LogP contribution >= 0.6 is 23.2 Å². The first-order chi connectivity index (χ1) is 4.89. The molecule has 1 amide bonds. The Bertz CT molecular complexity index is 177. The van der Waals surface area contributed by atoms with Crippen LogP contribution in [0.2, 0.25) is 0 Å². The van der Waals surface area contributed by atoms with Gasteiger partial charge in [0.25, 0.3) is 0 Å². The summed E-state index contributed by atoms with van der Waals surface area (Å²) >= 11 is 11.3. The fourth-order valence-corrected chi connectivity index (χ4v) is 0.533.